The van der Waals surface area contributed by atoms with Gasteiger partial charge in [-0.3, -0.25) is 4.72 Å². The molecule has 7 heteroatoms. The minimum absolute atomic E-state index is 0.0208. The molecule has 0 aliphatic carbocycles. The summed E-state index contributed by atoms with van der Waals surface area (Å²) in [5, 5.41) is 10.6. The number of hydrogen-bond donors (Lipinski definition) is 1. The maximum absolute atomic E-state index is 11.8. The number of anilines is 2. The Kier molecular flexibility index (Phi) is 6.40. The average Bonchev–Trinajstić information content (AvgIpc) is 2.99. The smallest absolute Gasteiger partial charge is 0.232 e. The molecule has 0 radical (unpaired) electrons. The lowest BCUT2D eigenvalue weighted by Gasteiger charge is -2.30. The van der Waals surface area contributed by atoms with Crippen LogP contribution in [0.5, 0.6) is 0 Å². The third kappa shape index (κ3) is 4.68. The number of benzene rings is 2. The molecule has 0 saturated carbocycles. The van der Waals surface area contributed by atoms with Gasteiger partial charge in [0.15, 0.2) is 0 Å². The number of rotatable bonds is 7. The monoisotopic (exact) mass is 431 g/mol. The van der Waals surface area contributed by atoms with Gasteiger partial charge in [0.05, 0.1) is 23.8 Å². The molecule has 2 aromatic carbocycles. The summed E-state index contributed by atoms with van der Waals surface area (Å²) in [6.07, 6.45) is 1.01. The highest BCUT2D eigenvalue weighted by atomic mass is 35.5. The van der Waals surface area contributed by atoms with Crippen LogP contribution in [0.3, 0.4) is 0 Å². The molecule has 2 atom stereocenters. The molecule has 0 aromatic heterocycles. The molecule has 154 valence electrons. The number of nitriles is 1. The van der Waals surface area contributed by atoms with Crippen LogP contribution in [0, 0.1) is 17.2 Å². The van der Waals surface area contributed by atoms with Crippen molar-refractivity contribution in [1.29, 1.82) is 5.26 Å². The van der Waals surface area contributed by atoms with Crippen LogP contribution in [0.4, 0.5) is 11.4 Å². The lowest BCUT2D eigenvalue weighted by atomic mass is 9.91. The molecule has 1 aliphatic heterocycles. The molecule has 0 saturated heterocycles. The van der Waals surface area contributed by atoms with Crippen LogP contribution in [0.25, 0.3) is 0 Å². The fourth-order valence-electron chi connectivity index (χ4n) is 3.71. The second-order valence-corrected chi connectivity index (χ2v) is 10.2. The van der Waals surface area contributed by atoms with Crippen molar-refractivity contribution >= 4 is 33.0 Å². The van der Waals surface area contributed by atoms with E-state index in [1.165, 1.54) is 0 Å². The van der Waals surface area contributed by atoms with E-state index in [0.717, 1.165) is 29.8 Å². The topological polar surface area (TPSA) is 73.2 Å². The number of sulfonamides is 1. The van der Waals surface area contributed by atoms with E-state index >= 15 is 0 Å². The fourth-order valence-corrected chi connectivity index (χ4v) is 4.53. The van der Waals surface area contributed by atoms with Gasteiger partial charge in [0.2, 0.25) is 10.0 Å². The highest BCUT2D eigenvalue weighted by Crippen LogP contribution is 2.49. The van der Waals surface area contributed by atoms with E-state index in [1.54, 1.807) is 19.1 Å². The maximum Gasteiger partial charge on any atom is 0.232 e. The Labute approximate surface area is 178 Å². The van der Waals surface area contributed by atoms with Crippen LogP contribution in [-0.4, -0.2) is 20.7 Å². The molecule has 0 spiro atoms. The second kappa shape index (κ2) is 8.64. The summed E-state index contributed by atoms with van der Waals surface area (Å²) in [6.45, 7) is 6.80. The second-order valence-electron chi connectivity index (χ2n) is 7.76. The van der Waals surface area contributed by atoms with Gasteiger partial charge in [0.25, 0.3) is 0 Å². The number of halogens is 1. The summed E-state index contributed by atoms with van der Waals surface area (Å²) < 4.78 is 26.2. The van der Waals surface area contributed by atoms with Gasteiger partial charge in [0, 0.05) is 22.9 Å². The van der Waals surface area contributed by atoms with Gasteiger partial charge in [-0.25, -0.2) is 8.42 Å². The van der Waals surface area contributed by atoms with Crippen LogP contribution in [0.1, 0.15) is 50.3 Å². The van der Waals surface area contributed by atoms with Gasteiger partial charge in [0.1, 0.15) is 0 Å². The molecular formula is C22H26ClN3O2S. The molecular weight excluding hydrogens is 406 g/mol. The van der Waals surface area contributed by atoms with E-state index in [-0.39, 0.29) is 17.7 Å². The summed E-state index contributed by atoms with van der Waals surface area (Å²) in [6, 6.07) is 15.4. The number of hydrogen-bond acceptors (Lipinski definition) is 4. The summed E-state index contributed by atoms with van der Waals surface area (Å²) >= 11 is 6.22. The zero-order valence-electron chi connectivity index (χ0n) is 16.9. The standard InChI is InChI=1S/C22H26ClN3O2S/c1-4-29(27,28)25-18-8-5-16(6-9-18)22-20(14-24)19-13-17(23)7-10-21(19)26(22)12-11-15(2)3/h5-10,13,15,20,22,25H,4,11-12H2,1-3H3. The Hall–Kier alpha value is -2.23. The summed E-state index contributed by atoms with van der Waals surface area (Å²) in [4.78, 5) is 2.28. The fraction of sp³-hybridized carbons (Fsp3) is 0.409. The Balaban J connectivity index is 1.97. The van der Waals surface area contributed by atoms with Crippen LogP contribution in [0.15, 0.2) is 42.5 Å². The van der Waals surface area contributed by atoms with E-state index in [9.17, 15) is 13.7 Å². The van der Waals surface area contributed by atoms with Crippen molar-refractivity contribution in [3.05, 3.63) is 58.6 Å². The molecule has 0 fully saturated rings. The number of fused-ring (bicyclic) bond motifs is 1. The normalized spacial score (nSPS) is 18.6. The van der Waals surface area contributed by atoms with E-state index in [1.807, 2.05) is 30.3 Å². The molecule has 2 unspecified atom stereocenters. The SMILES string of the molecule is CCS(=O)(=O)Nc1ccc(C2C(C#N)c3cc(Cl)ccc3N2CCC(C)C)cc1. The number of nitrogens with one attached hydrogen (secondary N) is 1. The molecule has 3 rings (SSSR count). The number of nitrogens with zero attached hydrogens (tertiary/aromatic N) is 2. The Morgan fingerprint density at radius 2 is 1.90 bits per heavy atom. The molecule has 5 nitrogen and oxygen atoms in total. The first-order valence-corrected chi connectivity index (χ1v) is 11.8. The first-order chi connectivity index (χ1) is 13.8. The molecule has 0 bridgehead atoms. The van der Waals surface area contributed by atoms with Crippen molar-refractivity contribution in [3.8, 4) is 6.07 Å². The van der Waals surface area contributed by atoms with Crippen molar-refractivity contribution in [2.45, 2.75) is 39.2 Å². The van der Waals surface area contributed by atoms with Crippen molar-refractivity contribution in [2.24, 2.45) is 5.92 Å². The summed E-state index contributed by atoms with van der Waals surface area (Å²) in [7, 11) is -3.32. The average molecular weight is 432 g/mol. The summed E-state index contributed by atoms with van der Waals surface area (Å²) in [5.41, 5.74) is 3.50. The first kappa shape index (κ1) is 21.5. The van der Waals surface area contributed by atoms with E-state index in [0.29, 0.717) is 16.6 Å². The minimum atomic E-state index is -3.32. The van der Waals surface area contributed by atoms with Crippen molar-refractivity contribution in [3.63, 3.8) is 0 Å². The van der Waals surface area contributed by atoms with Crippen molar-refractivity contribution < 1.29 is 8.42 Å². The molecule has 2 aromatic rings. The molecule has 1 heterocycles. The van der Waals surface area contributed by atoms with Crippen molar-refractivity contribution in [1.82, 2.24) is 0 Å². The Morgan fingerprint density at radius 1 is 1.21 bits per heavy atom. The van der Waals surface area contributed by atoms with Gasteiger partial charge in [-0.2, -0.15) is 5.26 Å². The maximum atomic E-state index is 11.8. The quantitative estimate of drug-likeness (QED) is 0.644. The van der Waals surface area contributed by atoms with Gasteiger partial charge in [-0.05, 0) is 60.7 Å². The molecule has 1 N–H and O–H groups in total. The third-order valence-corrected chi connectivity index (χ3v) is 6.82. The van der Waals surface area contributed by atoms with Gasteiger partial charge in [-0.15, -0.1) is 0 Å². The lowest BCUT2D eigenvalue weighted by Crippen LogP contribution is -2.28. The zero-order chi connectivity index (χ0) is 21.2. The Bertz CT molecular complexity index is 1010. The highest BCUT2D eigenvalue weighted by molar-refractivity contribution is 7.92. The molecule has 1 aliphatic rings. The van der Waals surface area contributed by atoms with E-state index < -0.39 is 10.0 Å². The van der Waals surface area contributed by atoms with Gasteiger partial charge < -0.3 is 4.90 Å². The van der Waals surface area contributed by atoms with Crippen LogP contribution in [0.2, 0.25) is 5.02 Å². The Morgan fingerprint density at radius 3 is 2.48 bits per heavy atom. The third-order valence-electron chi connectivity index (χ3n) is 5.28. The predicted molar refractivity (Wildman–Crippen MR) is 119 cm³/mol. The predicted octanol–water partition coefficient (Wildman–Crippen LogP) is 5.32. The van der Waals surface area contributed by atoms with E-state index in [4.69, 9.17) is 11.6 Å². The van der Waals surface area contributed by atoms with E-state index in [2.05, 4.69) is 29.5 Å². The zero-order valence-corrected chi connectivity index (χ0v) is 18.5. The molecule has 0 amide bonds. The molecule has 29 heavy (non-hydrogen) atoms. The van der Waals surface area contributed by atoms with Gasteiger partial charge >= 0.3 is 0 Å². The van der Waals surface area contributed by atoms with Crippen LogP contribution >= 0.6 is 11.6 Å². The first-order valence-electron chi connectivity index (χ1n) is 9.82. The van der Waals surface area contributed by atoms with Crippen molar-refractivity contribution in [2.75, 3.05) is 21.9 Å². The van der Waals surface area contributed by atoms with Gasteiger partial charge in [-0.1, -0.05) is 37.6 Å². The van der Waals surface area contributed by atoms with Crippen LogP contribution < -0.4 is 9.62 Å². The largest absolute Gasteiger partial charge is 0.363 e. The summed E-state index contributed by atoms with van der Waals surface area (Å²) in [5.74, 6) is 0.222. The highest BCUT2D eigenvalue weighted by Gasteiger charge is 2.39. The minimum Gasteiger partial charge on any atom is -0.363 e. The van der Waals surface area contributed by atoms with Crippen LogP contribution in [-0.2, 0) is 10.0 Å². The lowest BCUT2D eigenvalue weighted by molar-refractivity contribution is 0.536.